The van der Waals surface area contributed by atoms with E-state index in [0.29, 0.717) is 6.04 Å². The van der Waals surface area contributed by atoms with Gasteiger partial charge in [-0.2, -0.15) is 0 Å². The third kappa shape index (κ3) is 4.52. The van der Waals surface area contributed by atoms with Crippen molar-refractivity contribution in [3.8, 4) is 0 Å². The van der Waals surface area contributed by atoms with Crippen LogP contribution in [-0.2, 0) is 0 Å². The molecule has 2 nitrogen and oxygen atoms in total. The SMILES string of the molecule is CNC(C)CCN(CC1CC1)CC1CC1. The second kappa shape index (κ2) is 5.31. The minimum atomic E-state index is 0.672. The van der Waals surface area contributed by atoms with Crippen LogP contribution in [-0.4, -0.2) is 37.6 Å². The minimum absolute atomic E-state index is 0.672. The average molecular weight is 210 g/mol. The van der Waals surface area contributed by atoms with E-state index < -0.39 is 0 Å². The van der Waals surface area contributed by atoms with Crippen molar-refractivity contribution in [3.05, 3.63) is 0 Å². The van der Waals surface area contributed by atoms with Crippen LogP contribution in [0.3, 0.4) is 0 Å². The summed E-state index contributed by atoms with van der Waals surface area (Å²) in [4.78, 5) is 2.73. The first kappa shape index (κ1) is 11.4. The molecule has 1 atom stereocenters. The van der Waals surface area contributed by atoms with E-state index in [1.165, 1.54) is 51.7 Å². The van der Waals surface area contributed by atoms with Gasteiger partial charge in [0.1, 0.15) is 0 Å². The lowest BCUT2D eigenvalue weighted by Crippen LogP contribution is -2.33. The zero-order valence-corrected chi connectivity index (χ0v) is 10.3. The third-order valence-corrected chi connectivity index (χ3v) is 3.80. The molecule has 2 saturated carbocycles. The lowest BCUT2D eigenvalue weighted by molar-refractivity contribution is 0.241. The van der Waals surface area contributed by atoms with Crippen molar-refractivity contribution in [2.75, 3.05) is 26.7 Å². The molecule has 2 aliphatic carbocycles. The van der Waals surface area contributed by atoms with Gasteiger partial charge in [0.05, 0.1) is 0 Å². The van der Waals surface area contributed by atoms with Gasteiger partial charge in [-0.15, -0.1) is 0 Å². The molecule has 2 rings (SSSR count). The molecule has 2 heteroatoms. The Morgan fingerprint density at radius 2 is 1.67 bits per heavy atom. The summed E-state index contributed by atoms with van der Waals surface area (Å²) < 4.78 is 0. The summed E-state index contributed by atoms with van der Waals surface area (Å²) in [6.07, 6.45) is 7.26. The van der Waals surface area contributed by atoms with Crippen LogP contribution in [0.1, 0.15) is 39.0 Å². The van der Waals surface area contributed by atoms with Gasteiger partial charge >= 0.3 is 0 Å². The first-order valence-corrected chi connectivity index (χ1v) is 6.67. The predicted octanol–water partition coefficient (Wildman–Crippen LogP) is 2.11. The van der Waals surface area contributed by atoms with E-state index in [0.717, 1.165) is 11.8 Å². The molecule has 2 aliphatic rings. The number of hydrogen-bond acceptors (Lipinski definition) is 2. The van der Waals surface area contributed by atoms with Gasteiger partial charge in [-0.3, -0.25) is 0 Å². The maximum atomic E-state index is 3.33. The summed E-state index contributed by atoms with van der Waals surface area (Å²) in [6, 6.07) is 0.672. The molecule has 2 fully saturated rings. The molecule has 0 heterocycles. The van der Waals surface area contributed by atoms with E-state index >= 15 is 0 Å². The third-order valence-electron chi connectivity index (χ3n) is 3.80. The summed E-state index contributed by atoms with van der Waals surface area (Å²) in [7, 11) is 2.07. The lowest BCUT2D eigenvalue weighted by Gasteiger charge is -2.23. The molecule has 0 aromatic rings. The summed E-state index contributed by atoms with van der Waals surface area (Å²) in [5.74, 6) is 2.10. The van der Waals surface area contributed by atoms with Gasteiger partial charge in [-0.25, -0.2) is 0 Å². The van der Waals surface area contributed by atoms with Crippen molar-refractivity contribution in [1.82, 2.24) is 10.2 Å². The van der Waals surface area contributed by atoms with Gasteiger partial charge in [0.2, 0.25) is 0 Å². The molecule has 0 amide bonds. The van der Waals surface area contributed by atoms with E-state index in [9.17, 15) is 0 Å². The van der Waals surface area contributed by atoms with Crippen molar-refractivity contribution in [2.45, 2.75) is 45.1 Å². The standard InChI is InChI=1S/C13H26N2/c1-11(14-2)7-8-15(9-12-3-4-12)10-13-5-6-13/h11-14H,3-10H2,1-2H3. The molecule has 0 aromatic carbocycles. The molecule has 0 saturated heterocycles. The Morgan fingerprint density at radius 1 is 1.13 bits per heavy atom. The summed E-state index contributed by atoms with van der Waals surface area (Å²) in [5.41, 5.74) is 0. The van der Waals surface area contributed by atoms with E-state index in [1.807, 2.05) is 0 Å². The molecule has 0 radical (unpaired) electrons. The molecular weight excluding hydrogens is 184 g/mol. The monoisotopic (exact) mass is 210 g/mol. The molecule has 0 bridgehead atoms. The Kier molecular flexibility index (Phi) is 4.04. The average Bonchev–Trinajstić information content (AvgIpc) is 3.08. The Bertz CT molecular complexity index is 171. The Hall–Kier alpha value is -0.0800. The maximum Gasteiger partial charge on any atom is 0.00479 e. The van der Waals surface area contributed by atoms with Gasteiger partial charge in [-0.1, -0.05) is 0 Å². The first-order chi connectivity index (χ1) is 7.28. The zero-order chi connectivity index (χ0) is 10.7. The van der Waals surface area contributed by atoms with Crippen molar-refractivity contribution in [3.63, 3.8) is 0 Å². The second-order valence-corrected chi connectivity index (χ2v) is 5.62. The predicted molar refractivity (Wildman–Crippen MR) is 65.0 cm³/mol. The number of nitrogens with zero attached hydrogens (tertiary/aromatic N) is 1. The topological polar surface area (TPSA) is 15.3 Å². The highest BCUT2D eigenvalue weighted by molar-refractivity contribution is 4.82. The number of hydrogen-bond donors (Lipinski definition) is 1. The van der Waals surface area contributed by atoms with Crippen LogP contribution in [0.5, 0.6) is 0 Å². The quantitative estimate of drug-likeness (QED) is 0.660. The van der Waals surface area contributed by atoms with Crippen molar-refractivity contribution < 1.29 is 0 Å². The van der Waals surface area contributed by atoms with E-state index in [2.05, 4.69) is 24.2 Å². The largest absolute Gasteiger partial charge is 0.317 e. The van der Waals surface area contributed by atoms with Gasteiger partial charge in [-0.05, 0) is 64.5 Å². The highest BCUT2D eigenvalue weighted by atomic mass is 15.1. The van der Waals surface area contributed by atoms with Crippen molar-refractivity contribution in [2.24, 2.45) is 11.8 Å². The molecular formula is C13H26N2. The lowest BCUT2D eigenvalue weighted by atomic mass is 10.2. The second-order valence-electron chi connectivity index (χ2n) is 5.62. The van der Waals surface area contributed by atoms with Crippen LogP contribution in [0.25, 0.3) is 0 Å². The van der Waals surface area contributed by atoms with E-state index in [4.69, 9.17) is 0 Å². The molecule has 0 aromatic heterocycles. The Morgan fingerprint density at radius 3 is 2.07 bits per heavy atom. The fourth-order valence-electron chi connectivity index (χ4n) is 2.11. The van der Waals surface area contributed by atoms with Crippen LogP contribution < -0.4 is 5.32 Å². The number of rotatable bonds is 8. The molecule has 0 aliphatic heterocycles. The van der Waals surface area contributed by atoms with E-state index in [1.54, 1.807) is 0 Å². The zero-order valence-electron chi connectivity index (χ0n) is 10.3. The van der Waals surface area contributed by atoms with Crippen molar-refractivity contribution >= 4 is 0 Å². The van der Waals surface area contributed by atoms with Crippen LogP contribution in [0.4, 0.5) is 0 Å². The van der Waals surface area contributed by atoms with Crippen LogP contribution in [0.15, 0.2) is 0 Å². The van der Waals surface area contributed by atoms with Crippen LogP contribution in [0, 0.1) is 11.8 Å². The minimum Gasteiger partial charge on any atom is -0.317 e. The van der Waals surface area contributed by atoms with Crippen LogP contribution >= 0.6 is 0 Å². The Balaban J connectivity index is 1.65. The van der Waals surface area contributed by atoms with Gasteiger partial charge < -0.3 is 10.2 Å². The normalized spacial score (nSPS) is 23.4. The highest BCUT2D eigenvalue weighted by Crippen LogP contribution is 2.33. The van der Waals surface area contributed by atoms with Gasteiger partial charge in [0, 0.05) is 19.1 Å². The molecule has 1 unspecified atom stereocenters. The summed E-state index contributed by atoms with van der Waals surface area (Å²) in [5, 5.41) is 3.33. The first-order valence-electron chi connectivity index (χ1n) is 6.67. The maximum absolute atomic E-state index is 3.33. The summed E-state index contributed by atoms with van der Waals surface area (Å²) >= 11 is 0. The fourth-order valence-corrected chi connectivity index (χ4v) is 2.11. The summed E-state index contributed by atoms with van der Waals surface area (Å²) in [6.45, 7) is 6.35. The smallest absolute Gasteiger partial charge is 0.00479 e. The number of nitrogens with one attached hydrogen (secondary N) is 1. The molecule has 88 valence electrons. The molecule has 1 N–H and O–H groups in total. The fraction of sp³-hybridized carbons (Fsp3) is 1.00. The van der Waals surface area contributed by atoms with Gasteiger partial charge in [0.25, 0.3) is 0 Å². The van der Waals surface area contributed by atoms with Crippen LogP contribution in [0.2, 0.25) is 0 Å². The molecule has 0 spiro atoms. The Labute approximate surface area is 94.4 Å². The van der Waals surface area contributed by atoms with E-state index in [-0.39, 0.29) is 0 Å². The van der Waals surface area contributed by atoms with Crippen molar-refractivity contribution in [1.29, 1.82) is 0 Å². The van der Waals surface area contributed by atoms with Gasteiger partial charge in [0.15, 0.2) is 0 Å². The highest BCUT2D eigenvalue weighted by Gasteiger charge is 2.28. The molecule has 15 heavy (non-hydrogen) atoms.